The number of nitrogens with one attached hydrogen (secondary N) is 1. The first-order chi connectivity index (χ1) is 15.9. The lowest BCUT2D eigenvalue weighted by atomic mass is 9.76. The summed E-state index contributed by atoms with van der Waals surface area (Å²) in [5, 5.41) is 3.22. The van der Waals surface area contributed by atoms with Gasteiger partial charge < -0.3 is 10.1 Å². The zero-order valence-corrected chi connectivity index (χ0v) is 19.5. The lowest BCUT2D eigenvalue weighted by Gasteiger charge is -2.38. The van der Waals surface area contributed by atoms with E-state index in [-0.39, 0.29) is 16.1 Å². The number of anilines is 1. The Morgan fingerprint density at radius 1 is 1.21 bits per heavy atom. The van der Waals surface area contributed by atoms with Crippen LogP contribution in [0.1, 0.15) is 36.0 Å². The molecule has 5 rings (SSSR count). The molecule has 8 heteroatoms. The summed E-state index contributed by atoms with van der Waals surface area (Å²) >= 11 is 12.2. The number of aromatic nitrogens is 1. The molecule has 1 fully saturated rings. The van der Waals surface area contributed by atoms with Crippen molar-refractivity contribution in [2.45, 2.75) is 31.3 Å². The van der Waals surface area contributed by atoms with E-state index in [0.717, 1.165) is 11.3 Å². The van der Waals surface area contributed by atoms with Crippen LogP contribution in [0.4, 0.5) is 10.2 Å². The molecule has 1 spiro atoms. The molecule has 170 valence electrons. The van der Waals surface area contributed by atoms with Crippen molar-refractivity contribution < 1.29 is 13.9 Å². The van der Waals surface area contributed by atoms with Gasteiger partial charge >= 0.3 is 0 Å². The Bertz CT molecular complexity index is 1240. The molecule has 0 saturated carbocycles. The molecule has 3 heterocycles. The summed E-state index contributed by atoms with van der Waals surface area (Å²) in [6, 6.07) is 16.2. The zero-order valence-electron chi connectivity index (χ0n) is 17.9. The zero-order chi connectivity index (χ0) is 23.2. The number of amides is 1. The normalized spacial score (nSPS) is 21.9. The molecule has 0 aliphatic carbocycles. The number of carbonyl (C=O) groups is 1. The number of rotatable bonds is 5. The molecule has 1 amide bonds. The third kappa shape index (κ3) is 3.57. The number of benzene rings is 2. The van der Waals surface area contributed by atoms with Gasteiger partial charge in [0.2, 0.25) is 0 Å². The van der Waals surface area contributed by atoms with E-state index < -0.39 is 17.3 Å². The quantitative estimate of drug-likeness (QED) is 0.466. The topological polar surface area (TPSA) is 54.5 Å². The van der Waals surface area contributed by atoms with Crippen LogP contribution in [0.15, 0.2) is 54.6 Å². The highest BCUT2D eigenvalue weighted by Gasteiger charge is 2.60. The number of likely N-dealkylation sites (tertiary alicyclic amines) is 1. The number of carbonyl (C=O) groups excluding carboxylic acids is 1. The molecule has 0 radical (unpaired) electrons. The minimum absolute atomic E-state index is 0.0402. The molecular weight excluding hydrogens is 464 g/mol. The summed E-state index contributed by atoms with van der Waals surface area (Å²) in [7, 11) is 0. The summed E-state index contributed by atoms with van der Waals surface area (Å²) in [6.07, 6.45) is 0.581. The van der Waals surface area contributed by atoms with Crippen molar-refractivity contribution in [3.63, 3.8) is 0 Å². The maximum Gasteiger partial charge on any atom is 0.251 e. The van der Waals surface area contributed by atoms with Gasteiger partial charge in [0.15, 0.2) is 0 Å². The molecule has 1 aromatic heterocycles. The lowest BCUT2D eigenvalue weighted by Crippen LogP contribution is -2.49. The minimum Gasteiger partial charge on any atom is -0.494 e. The second kappa shape index (κ2) is 8.60. The molecule has 2 aliphatic heterocycles. The van der Waals surface area contributed by atoms with E-state index in [2.05, 4.69) is 15.2 Å². The SMILES string of the molecule is CCOc1cccc(CN2CC[C@H](c3cccc(Cl)c3F)C23C(=O)Nc2nc(Cl)ccc23)c1. The maximum absolute atomic E-state index is 15.2. The first-order valence-corrected chi connectivity index (χ1v) is 11.6. The Morgan fingerprint density at radius 3 is 2.85 bits per heavy atom. The number of hydrogen-bond acceptors (Lipinski definition) is 4. The van der Waals surface area contributed by atoms with Gasteiger partial charge in [-0.1, -0.05) is 47.5 Å². The minimum atomic E-state index is -1.14. The number of ether oxygens (including phenoxy) is 1. The van der Waals surface area contributed by atoms with Crippen LogP contribution < -0.4 is 10.1 Å². The van der Waals surface area contributed by atoms with Gasteiger partial charge in [0.05, 0.1) is 11.6 Å². The van der Waals surface area contributed by atoms with E-state index in [0.29, 0.717) is 43.1 Å². The number of nitrogens with zero attached hydrogens (tertiary/aromatic N) is 2. The van der Waals surface area contributed by atoms with Gasteiger partial charge in [-0.3, -0.25) is 9.69 Å². The molecule has 1 saturated heterocycles. The predicted octanol–water partition coefficient (Wildman–Crippen LogP) is 5.76. The largest absolute Gasteiger partial charge is 0.494 e. The van der Waals surface area contributed by atoms with Gasteiger partial charge in [-0.25, -0.2) is 9.37 Å². The van der Waals surface area contributed by atoms with E-state index in [9.17, 15) is 4.79 Å². The van der Waals surface area contributed by atoms with Crippen molar-refractivity contribution in [1.82, 2.24) is 9.88 Å². The Kier molecular flexibility index (Phi) is 5.77. The summed E-state index contributed by atoms with van der Waals surface area (Å²) in [5.41, 5.74) is 0.974. The monoisotopic (exact) mass is 485 g/mol. The number of pyridine rings is 1. The molecular formula is C25H22Cl2FN3O2. The molecule has 2 aliphatic rings. The Balaban J connectivity index is 1.64. The average Bonchev–Trinajstić information content (AvgIpc) is 3.29. The summed E-state index contributed by atoms with van der Waals surface area (Å²) < 4.78 is 20.9. The third-order valence-corrected chi connectivity index (χ3v) is 6.98. The van der Waals surface area contributed by atoms with Crippen molar-refractivity contribution in [1.29, 1.82) is 0 Å². The standard InChI is InChI=1S/C25H22Cl2FN3O2/c1-2-33-16-6-3-5-15(13-16)14-31-12-11-18(17-7-4-8-20(26)22(17)28)25(31)19-9-10-21(27)29-23(19)30-24(25)32/h3-10,13,18H,2,11-12,14H2,1H3,(H,29,30,32)/t18-,25?/m1/s1. The second-order valence-corrected chi connectivity index (χ2v) is 9.03. The molecule has 0 bridgehead atoms. The Hall–Kier alpha value is -2.67. The summed E-state index contributed by atoms with van der Waals surface area (Å²) in [6.45, 7) is 3.57. The van der Waals surface area contributed by atoms with Gasteiger partial charge in [0.25, 0.3) is 5.91 Å². The van der Waals surface area contributed by atoms with Gasteiger partial charge in [-0.2, -0.15) is 0 Å². The smallest absolute Gasteiger partial charge is 0.251 e. The van der Waals surface area contributed by atoms with E-state index in [1.54, 1.807) is 18.2 Å². The van der Waals surface area contributed by atoms with Crippen molar-refractivity contribution >= 4 is 34.9 Å². The predicted molar refractivity (Wildman–Crippen MR) is 126 cm³/mol. The second-order valence-electron chi connectivity index (χ2n) is 8.24. The van der Waals surface area contributed by atoms with E-state index in [1.165, 1.54) is 6.07 Å². The van der Waals surface area contributed by atoms with Gasteiger partial charge in [-0.05, 0) is 54.8 Å². The molecule has 1 N–H and O–H groups in total. The summed E-state index contributed by atoms with van der Waals surface area (Å²) in [5.74, 6) is -0.00202. The van der Waals surface area contributed by atoms with Crippen molar-refractivity contribution in [2.75, 3.05) is 18.5 Å². The Labute approximate surface area is 201 Å². The van der Waals surface area contributed by atoms with Crippen LogP contribution in [-0.2, 0) is 16.9 Å². The molecule has 2 atom stereocenters. The molecule has 3 aromatic rings. The highest BCUT2D eigenvalue weighted by molar-refractivity contribution is 6.30. The molecule has 5 nitrogen and oxygen atoms in total. The number of fused-ring (bicyclic) bond motifs is 2. The van der Waals surface area contributed by atoms with Gasteiger partial charge in [0, 0.05) is 24.6 Å². The van der Waals surface area contributed by atoms with Crippen molar-refractivity contribution in [3.8, 4) is 5.75 Å². The van der Waals surface area contributed by atoms with Crippen molar-refractivity contribution in [3.05, 3.63) is 87.3 Å². The van der Waals surface area contributed by atoms with E-state index in [4.69, 9.17) is 27.9 Å². The van der Waals surface area contributed by atoms with Crippen LogP contribution >= 0.6 is 23.2 Å². The molecule has 1 unspecified atom stereocenters. The van der Waals surface area contributed by atoms with Gasteiger partial charge in [-0.15, -0.1) is 0 Å². The van der Waals surface area contributed by atoms with Crippen LogP contribution in [-0.4, -0.2) is 28.9 Å². The molecule has 2 aromatic carbocycles. The van der Waals surface area contributed by atoms with E-state index in [1.807, 2.05) is 37.3 Å². The summed E-state index contributed by atoms with van der Waals surface area (Å²) in [4.78, 5) is 20.1. The fourth-order valence-electron chi connectivity index (χ4n) is 5.21. The highest BCUT2D eigenvalue weighted by Crippen LogP contribution is 2.55. The fraction of sp³-hybridized carbons (Fsp3) is 0.280. The maximum atomic E-state index is 15.2. The van der Waals surface area contributed by atoms with Crippen LogP contribution in [0.25, 0.3) is 0 Å². The molecule has 33 heavy (non-hydrogen) atoms. The first-order valence-electron chi connectivity index (χ1n) is 10.8. The lowest BCUT2D eigenvalue weighted by molar-refractivity contribution is -0.127. The van der Waals surface area contributed by atoms with Gasteiger partial charge in [0.1, 0.15) is 28.1 Å². The first kappa shape index (κ1) is 22.1. The van der Waals surface area contributed by atoms with Crippen LogP contribution in [0.2, 0.25) is 10.2 Å². The number of hydrogen-bond donors (Lipinski definition) is 1. The third-order valence-electron chi connectivity index (χ3n) is 6.48. The van der Waals surface area contributed by atoms with Crippen LogP contribution in [0.3, 0.4) is 0 Å². The number of halogens is 3. The Morgan fingerprint density at radius 2 is 2.03 bits per heavy atom. The van der Waals surface area contributed by atoms with Crippen LogP contribution in [0.5, 0.6) is 5.75 Å². The van der Waals surface area contributed by atoms with Crippen LogP contribution in [0, 0.1) is 5.82 Å². The van der Waals surface area contributed by atoms with E-state index >= 15 is 4.39 Å². The highest BCUT2D eigenvalue weighted by atomic mass is 35.5. The average molecular weight is 486 g/mol. The fourth-order valence-corrected chi connectivity index (χ4v) is 5.54. The van der Waals surface area contributed by atoms with Crippen molar-refractivity contribution in [2.24, 2.45) is 0 Å².